The first kappa shape index (κ1) is 12.2. The molecule has 0 amide bonds. The van der Waals surface area contributed by atoms with Crippen molar-refractivity contribution < 1.29 is 0 Å². The number of aromatic nitrogens is 2. The smallest absolute Gasteiger partial charge is 0.106 e. The Morgan fingerprint density at radius 2 is 2.28 bits per heavy atom. The molecule has 1 aromatic heterocycles. The highest BCUT2D eigenvalue weighted by atomic mass is 15.2. The molecular weight excluding hydrogens is 224 g/mol. The van der Waals surface area contributed by atoms with Crippen LogP contribution >= 0.6 is 0 Å². The Kier molecular flexibility index (Phi) is 3.39. The first-order chi connectivity index (χ1) is 8.75. The number of rotatable bonds is 2. The van der Waals surface area contributed by atoms with Crippen molar-refractivity contribution in [3.8, 4) is 0 Å². The molecule has 0 aromatic carbocycles. The zero-order valence-electron chi connectivity index (χ0n) is 11.6. The van der Waals surface area contributed by atoms with Gasteiger partial charge in [-0.15, -0.1) is 0 Å². The number of likely N-dealkylation sites (tertiary alicyclic amines) is 1. The Balaban J connectivity index is 1.81. The maximum absolute atomic E-state index is 4.72. The standard InChI is InChI=1S/C14H24N4/c1-11-16-13-9-15-7-6-14(13)18(11)10-12-5-3-4-8-17(12)2/h12,15H,3-10H2,1-2H3. The molecule has 3 heterocycles. The fourth-order valence-electron chi connectivity index (χ4n) is 3.33. The van der Waals surface area contributed by atoms with Gasteiger partial charge in [0.1, 0.15) is 5.82 Å². The number of fused-ring (bicyclic) bond motifs is 1. The second-order valence-corrected chi connectivity index (χ2v) is 5.72. The molecule has 18 heavy (non-hydrogen) atoms. The summed E-state index contributed by atoms with van der Waals surface area (Å²) in [7, 11) is 2.27. The lowest BCUT2D eigenvalue weighted by molar-refractivity contribution is 0.165. The van der Waals surface area contributed by atoms with E-state index < -0.39 is 0 Å². The Hall–Kier alpha value is -0.870. The minimum absolute atomic E-state index is 0.700. The van der Waals surface area contributed by atoms with Crippen LogP contribution in [0.25, 0.3) is 0 Å². The third-order valence-electron chi connectivity index (χ3n) is 4.49. The molecule has 2 aliphatic rings. The van der Waals surface area contributed by atoms with E-state index in [2.05, 4.69) is 28.8 Å². The summed E-state index contributed by atoms with van der Waals surface area (Å²) in [4.78, 5) is 7.25. The maximum atomic E-state index is 4.72. The summed E-state index contributed by atoms with van der Waals surface area (Å²) in [6, 6.07) is 0.700. The van der Waals surface area contributed by atoms with E-state index in [1.165, 1.54) is 43.0 Å². The summed E-state index contributed by atoms with van der Waals surface area (Å²) < 4.78 is 2.47. The summed E-state index contributed by atoms with van der Waals surface area (Å²) >= 11 is 0. The number of hydrogen-bond acceptors (Lipinski definition) is 3. The predicted molar refractivity (Wildman–Crippen MR) is 72.6 cm³/mol. The lowest BCUT2D eigenvalue weighted by Gasteiger charge is -2.33. The molecule has 0 saturated carbocycles. The molecule has 0 aliphatic carbocycles. The fraction of sp³-hybridized carbons (Fsp3) is 0.786. The van der Waals surface area contributed by atoms with E-state index in [-0.39, 0.29) is 0 Å². The van der Waals surface area contributed by atoms with Gasteiger partial charge in [-0.1, -0.05) is 6.42 Å². The largest absolute Gasteiger partial charge is 0.330 e. The van der Waals surface area contributed by atoms with Crippen molar-refractivity contribution in [3.63, 3.8) is 0 Å². The van der Waals surface area contributed by atoms with E-state index in [4.69, 9.17) is 4.98 Å². The number of aryl methyl sites for hydroxylation is 1. The van der Waals surface area contributed by atoms with E-state index >= 15 is 0 Å². The second kappa shape index (κ2) is 5.02. The van der Waals surface area contributed by atoms with Gasteiger partial charge in [0, 0.05) is 37.8 Å². The van der Waals surface area contributed by atoms with Crippen LogP contribution in [-0.2, 0) is 19.5 Å². The van der Waals surface area contributed by atoms with E-state index in [9.17, 15) is 0 Å². The van der Waals surface area contributed by atoms with Gasteiger partial charge in [0.15, 0.2) is 0 Å². The highest BCUT2D eigenvalue weighted by Gasteiger charge is 2.23. The van der Waals surface area contributed by atoms with Gasteiger partial charge >= 0.3 is 0 Å². The highest BCUT2D eigenvalue weighted by molar-refractivity contribution is 5.20. The zero-order valence-corrected chi connectivity index (χ0v) is 11.6. The Labute approximate surface area is 109 Å². The minimum atomic E-state index is 0.700. The first-order valence-corrected chi connectivity index (χ1v) is 7.21. The third kappa shape index (κ3) is 2.19. The Bertz CT molecular complexity index is 424. The van der Waals surface area contributed by atoms with E-state index in [1.807, 2.05) is 0 Å². The molecular formula is C14H24N4. The molecule has 4 nitrogen and oxygen atoms in total. The molecule has 1 fully saturated rings. The summed E-state index contributed by atoms with van der Waals surface area (Å²) in [6.45, 7) is 6.58. The molecule has 100 valence electrons. The van der Waals surface area contributed by atoms with Crippen molar-refractivity contribution in [1.29, 1.82) is 0 Å². The van der Waals surface area contributed by atoms with Crippen molar-refractivity contribution in [1.82, 2.24) is 19.8 Å². The van der Waals surface area contributed by atoms with Gasteiger partial charge in [0.25, 0.3) is 0 Å². The number of imidazole rings is 1. The average molecular weight is 248 g/mol. The molecule has 0 radical (unpaired) electrons. The minimum Gasteiger partial charge on any atom is -0.330 e. The van der Waals surface area contributed by atoms with Crippen molar-refractivity contribution in [2.75, 3.05) is 20.1 Å². The third-order valence-corrected chi connectivity index (χ3v) is 4.49. The van der Waals surface area contributed by atoms with Gasteiger partial charge in [0.2, 0.25) is 0 Å². The lowest BCUT2D eigenvalue weighted by atomic mass is 10.0. The number of hydrogen-bond donors (Lipinski definition) is 1. The van der Waals surface area contributed by atoms with Crippen LogP contribution in [0.4, 0.5) is 0 Å². The van der Waals surface area contributed by atoms with Crippen LogP contribution in [-0.4, -0.2) is 40.6 Å². The quantitative estimate of drug-likeness (QED) is 0.857. The molecule has 1 atom stereocenters. The highest BCUT2D eigenvalue weighted by Crippen LogP contribution is 2.21. The van der Waals surface area contributed by atoms with Gasteiger partial charge in [-0.05, 0) is 33.4 Å². The van der Waals surface area contributed by atoms with Crippen LogP contribution < -0.4 is 5.32 Å². The Morgan fingerprint density at radius 3 is 3.11 bits per heavy atom. The molecule has 0 spiro atoms. The zero-order chi connectivity index (χ0) is 12.5. The van der Waals surface area contributed by atoms with E-state index in [0.29, 0.717) is 6.04 Å². The van der Waals surface area contributed by atoms with E-state index in [0.717, 1.165) is 26.1 Å². The second-order valence-electron chi connectivity index (χ2n) is 5.72. The fourth-order valence-corrected chi connectivity index (χ4v) is 3.33. The van der Waals surface area contributed by atoms with Crippen LogP contribution in [0.15, 0.2) is 0 Å². The Morgan fingerprint density at radius 1 is 1.39 bits per heavy atom. The van der Waals surface area contributed by atoms with Gasteiger partial charge in [-0.2, -0.15) is 0 Å². The SMILES string of the molecule is Cc1nc2c(n1CC1CCCCN1C)CCNC2. The molecule has 1 aromatic rings. The van der Waals surface area contributed by atoms with Gasteiger partial charge in [-0.3, -0.25) is 0 Å². The molecule has 1 unspecified atom stereocenters. The molecule has 4 heteroatoms. The van der Waals surface area contributed by atoms with Crippen molar-refractivity contribution in [2.45, 2.75) is 51.7 Å². The summed E-state index contributed by atoms with van der Waals surface area (Å²) in [5.74, 6) is 1.20. The topological polar surface area (TPSA) is 33.1 Å². The molecule has 1 N–H and O–H groups in total. The monoisotopic (exact) mass is 248 g/mol. The van der Waals surface area contributed by atoms with Crippen LogP contribution in [0.1, 0.15) is 36.5 Å². The van der Waals surface area contributed by atoms with Crippen molar-refractivity contribution in [3.05, 3.63) is 17.2 Å². The van der Waals surface area contributed by atoms with Crippen LogP contribution in [0.3, 0.4) is 0 Å². The van der Waals surface area contributed by atoms with Crippen LogP contribution in [0, 0.1) is 6.92 Å². The lowest BCUT2D eigenvalue weighted by Crippen LogP contribution is -2.40. The van der Waals surface area contributed by atoms with Crippen LogP contribution in [0.5, 0.6) is 0 Å². The average Bonchev–Trinajstić information content (AvgIpc) is 2.69. The number of likely N-dealkylation sites (N-methyl/N-ethyl adjacent to an activating group) is 1. The van der Waals surface area contributed by atoms with E-state index in [1.54, 1.807) is 0 Å². The summed E-state index contributed by atoms with van der Waals surface area (Å²) in [5, 5.41) is 3.41. The van der Waals surface area contributed by atoms with Gasteiger partial charge in [-0.25, -0.2) is 4.98 Å². The molecule has 3 rings (SSSR count). The van der Waals surface area contributed by atoms with Gasteiger partial charge in [0.05, 0.1) is 5.69 Å². The van der Waals surface area contributed by atoms with Gasteiger partial charge < -0.3 is 14.8 Å². The number of nitrogens with one attached hydrogen (secondary N) is 1. The predicted octanol–water partition coefficient (Wildman–Crippen LogP) is 1.32. The molecule has 0 bridgehead atoms. The van der Waals surface area contributed by atoms with Crippen molar-refractivity contribution >= 4 is 0 Å². The maximum Gasteiger partial charge on any atom is 0.106 e. The normalized spacial score (nSPS) is 25.1. The summed E-state index contributed by atoms with van der Waals surface area (Å²) in [5.41, 5.74) is 2.75. The molecule has 1 saturated heterocycles. The first-order valence-electron chi connectivity index (χ1n) is 7.21. The van der Waals surface area contributed by atoms with Crippen molar-refractivity contribution in [2.24, 2.45) is 0 Å². The number of piperidine rings is 1. The number of nitrogens with zero attached hydrogens (tertiary/aromatic N) is 3. The molecule has 2 aliphatic heterocycles. The summed E-state index contributed by atoms with van der Waals surface area (Å²) in [6.07, 6.45) is 5.21. The van der Waals surface area contributed by atoms with Crippen LogP contribution in [0.2, 0.25) is 0 Å².